The smallest absolute Gasteiger partial charge is 0.423 e. The summed E-state index contributed by atoms with van der Waals surface area (Å²) in [7, 11) is 1.59. The third-order valence-electron chi connectivity index (χ3n) is 1.87. The Labute approximate surface area is 93.2 Å². The van der Waals surface area contributed by atoms with Crippen LogP contribution in [0.3, 0.4) is 0 Å². The Hall–Kier alpha value is -1.04. The van der Waals surface area contributed by atoms with Gasteiger partial charge in [0.1, 0.15) is 0 Å². The molecule has 15 heavy (non-hydrogen) atoms. The SMILES string of the molecule is CN(C)C(=O)c1cc(Cl)cc(B(O)O)c1. The highest BCUT2D eigenvalue weighted by Gasteiger charge is 2.16. The van der Waals surface area contributed by atoms with Gasteiger partial charge in [0, 0.05) is 24.7 Å². The fourth-order valence-electron chi connectivity index (χ4n) is 1.14. The van der Waals surface area contributed by atoms with Crippen LogP contribution in [-0.4, -0.2) is 42.1 Å². The molecule has 0 aliphatic heterocycles. The van der Waals surface area contributed by atoms with Gasteiger partial charge in [-0.2, -0.15) is 0 Å². The largest absolute Gasteiger partial charge is 0.488 e. The normalized spacial score (nSPS) is 9.93. The third kappa shape index (κ3) is 2.96. The molecule has 0 spiro atoms. The average Bonchev–Trinajstić information content (AvgIpc) is 2.15. The number of hydrogen-bond acceptors (Lipinski definition) is 3. The van der Waals surface area contributed by atoms with Crippen LogP contribution in [-0.2, 0) is 0 Å². The summed E-state index contributed by atoms with van der Waals surface area (Å²) in [6.07, 6.45) is 0. The van der Waals surface area contributed by atoms with Crippen LogP contribution in [0.5, 0.6) is 0 Å². The first-order valence-corrected chi connectivity index (χ1v) is 4.68. The molecule has 0 saturated heterocycles. The maximum absolute atomic E-state index is 11.6. The van der Waals surface area contributed by atoms with Gasteiger partial charge >= 0.3 is 7.12 Å². The van der Waals surface area contributed by atoms with Gasteiger partial charge in [-0.05, 0) is 23.7 Å². The van der Waals surface area contributed by atoms with Gasteiger partial charge in [0.25, 0.3) is 5.91 Å². The molecule has 80 valence electrons. The van der Waals surface area contributed by atoms with E-state index in [1.54, 1.807) is 14.1 Å². The zero-order valence-electron chi connectivity index (χ0n) is 8.44. The Balaban J connectivity index is 3.14. The van der Waals surface area contributed by atoms with E-state index in [-0.39, 0.29) is 11.4 Å². The number of benzene rings is 1. The molecule has 0 atom stereocenters. The van der Waals surface area contributed by atoms with Crippen LogP contribution in [0.4, 0.5) is 0 Å². The lowest BCUT2D eigenvalue weighted by molar-refractivity contribution is 0.0827. The predicted octanol–water partition coefficient (Wildman–Crippen LogP) is -0.278. The number of hydrogen-bond donors (Lipinski definition) is 2. The number of nitrogens with zero attached hydrogens (tertiary/aromatic N) is 1. The molecule has 1 aromatic carbocycles. The number of carbonyl (C=O) groups excluding carboxylic acids is 1. The minimum Gasteiger partial charge on any atom is -0.423 e. The van der Waals surface area contributed by atoms with Crippen molar-refractivity contribution in [1.29, 1.82) is 0 Å². The van der Waals surface area contributed by atoms with Crippen LogP contribution in [0.15, 0.2) is 18.2 Å². The van der Waals surface area contributed by atoms with Gasteiger partial charge in [-0.25, -0.2) is 0 Å². The minimum absolute atomic E-state index is 0.202. The second kappa shape index (κ2) is 4.66. The lowest BCUT2D eigenvalue weighted by Crippen LogP contribution is -2.31. The van der Waals surface area contributed by atoms with Crippen molar-refractivity contribution in [2.75, 3.05) is 14.1 Å². The van der Waals surface area contributed by atoms with Crippen molar-refractivity contribution in [3.8, 4) is 0 Å². The zero-order chi connectivity index (χ0) is 11.6. The second-order valence-corrected chi connectivity index (χ2v) is 3.78. The van der Waals surface area contributed by atoms with Crippen molar-refractivity contribution in [1.82, 2.24) is 4.90 Å². The fourth-order valence-corrected chi connectivity index (χ4v) is 1.39. The van der Waals surface area contributed by atoms with Gasteiger partial charge in [-0.15, -0.1) is 0 Å². The Morgan fingerprint density at radius 3 is 2.40 bits per heavy atom. The molecule has 0 saturated carbocycles. The molecule has 0 unspecified atom stereocenters. The molecule has 0 fully saturated rings. The lowest BCUT2D eigenvalue weighted by atomic mass is 9.79. The van der Waals surface area contributed by atoms with Crippen molar-refractivity contribution in [3.63, 3.8) is 0 Å². The summed E-state index contributed by atoms with van der Waals surface area (Å²) in [6.45, 7) is 0. The first-order valence-electron chi connectivity index (χ1n) is 4.30. The van der Waals surface area contributed by atoms with Crippen LogP contribution < -0.4 is 5.46 Å². The van der Waals surface area contributed by atoms with E-state index in [2.05, 4.69) is 0 Å². The summed E-state index contributed by atoms with van der Waals surface area (Å²) in [6, 6.07) is 4.29. The molecule has 6 heteroatoms. The van der Waals surface area contributed by atoms with E-state index in [0.29, 0.717) is 10.6 Å². The first kappa shape index (κ1) is 12.0. The van der Waals surface area contributed by atoms with Crippen LogP contribution in [0.25, 0.3) is 0 Å². The second-order valence-electron chi connectivity index (χ2n) is 3.35. The van der Waals surface area contributed by atoms with Crippen molar-refractivity contribution < 1.29 is 14.8 Å². The van der Waals surface area contributed by atoms with Crippen molar-refractivity contribution >= 4 is 30.1 Å². The number of rotatable bonds is 2. The van der Waals surface area contributed by atoms with Gasteiger partial charge in [0.2, 0.25) is 0 Å². The zero-order valence-corrected chi connectivity index (χ0v) is 9.19. The summed E-state index contributed by atoms with van der Waals surface area (Å²) < 4.78 is 0. The van der Waals surface area contributed by atoms with Crippen LogP contribution in [0, 0.1) is 0 Å². The van der Waals surface area contributed by atoms with Crippen LogP contribution >= 0.6 is 11.6 Å². The van der Waals surface area contributed by atoms with Gasteiger partial charge < -0.3 is 14.9 Å². The Morgan fingerprint density at radius 1 is 1.33 bits per heavy atom. The average molecular weight is 227 g/mol. The first-order chi connectivity index (χ1) is 6.91. The van der Waals surface area contributed by atoms with E-state index < -0.39 is 7.12 Å². The van der Waals surface area contributed by atoms with Gasteiger partial charge in [0.05, 0.1) is 0 Å². The summed E-state index contributed by atoms with van der Waals surface area (Å²) in [4.78, 5) is 13.0. The third-order valence-corrected chi connectivity index (χ3v) is 2.09. The Bertz CT molecular complexity index is 382. The molecule has 0 radical (unpaired) electrons. The quantitative estimate of drug-likeness (QED) is 0.683. The highest BCUT2D eigenvalue weighted by Crippen LogP contribution is 2.11. The fraction of sp³-hybridized carbons (Fsp3) is 0.222. The van der Waals surface area contributed by atoms with E-state index in [0.717, 1.165) is 0 Å². The molecule has 1 aromatic rings. The highest BCUT2D eigenvalue weighted by molar-refractivity contribution is 6.59. The Morgan fingerprint density at radius 2 is 1.93 bits per heavy atom. The van der Waals surface area contributed by atoms with Gasteiger partial charge in [0.15, 0.2) is 0 Å². The van der Waals surface area contributed by atoms with E-state index >= 15 is 0 Å². The number of carbonyl (C=O) groups is 1. The minimum atomic E-state index is -1.63. The molecule has 2 N–H and O–H groups in total. The molecule has 0 aliphatic rings. The molecular weight excluding hydrogens is 216 g/mol. The maximum Gasteiger partial charge on any atom is 0.488 e. The van der Waals surface area contributed by atoms with Crippen LogP contribution in [0.2, 0.25) is 5.02 Å². The van der Waals surface area contributed by atoms with E-state index in [1.165, 1.54) is 23.1 Å². The van der Waals surface area contributed by atoms with Crippen molar-refractivity contribution in [3.05, 3.63) is 28.8 Å². The monoisotopic (exact) mass is 227 g/mol. The molecular formula is C9H11BClNO3. The van der Waals surface area contributed by atoms with E-state index in [9.17, 15) is 4.79 Å². The Kier molecular flexibility index (Phi) is 3.74. The summed E-state index contributed by atoms with van der Waals surface area (Å²) >= 11 is 5.75. The van der Waals surface area contributed by atoms with E-state index in [4.69, 9.17) is 21.6 Å². The van der Waals surface area contributed by atoms with Crippen molar-refractivity contribution in [2.45, 2.75) is 0 Å². The van der Waals surface area contributed by atoms with Crippen LogP contribution in [0.1, 0.15) is 10.4 Å². The molecule has 0 bridgehead atoms. The number of halogens is 1. The molecule has 1 amide bonds. The summed E-state index contributed by atoms with van der Waals surface area (Å²) in [5.74, 6) is -0.237. The summed E-state index contributed by atoms with van der Waals surface area (Å²) in [5, 5.41) is 18.2. The highest BCUT2D eigenvalue weighted by atomic mass is 35.5. The van der Waals surface area contributed by atoms with Gasteiger partial charge in [-0.1, -0.05) is 11.6 Å². The molecule has 0 aliphatic carbocycles. The lowest BCUT2D eigenvalue weighted by Gasteiger charge is -2.11. The maximum atomic E-state index is 11.6. The number of amides is 1. The predicted molar refractivity (Wildman–Crippen MR) is 59.3 cm³/mol. The van der Waals surface area contributed by atoms with Crippen molar-refractivity contribution in [2.24, 2.45) is 0 Å². The standard InChI is InChI=1S/C9H11BClNO3/c1-12(2)9(13)6-3-7(10(14)15)5-8(11)4-6/h3-5,14-15H,1-2H3. The van der Waals surface area contributed by atoms with Gasteiger partial charge in [-0.3, -0.25) is 4.79 Å². The van der Waals surface area contributed by atoms with E-state index in [1.807, 2.05) is 0 Å². The molecule has 0 aromatic heterocycles. The molecule has 1 rings (SSSR count). The summed E-state index contributed by atoms with van der Waals surface area (Å²) in [5.41, 5.74) is 0.531. The molecule has 4 nitrogen and oxygen atoms in total. The topological polar surface area (TPSA) is 60.8 Å². The molecule has 0 heterocycles.